The van der Waals surface area contributed by atoms with Crippen LogP contribution in [0, 0.1) is 6.92 Å². The van der Waals surface area contributed by atoms with Crippen molar-refractivity contribution in [3.05, 3.63) is 52.2 Å². The van der Waals surface area contributed by atoms with Crippen molar-refractivity contribution in [3.63, 3.8) is 0 Å². The van der Waals surface area contributed by atoms with Gasteiger partial charge < -0.3 is 4.90 Å². The molecule has 6 nitrogen and oxygen atoms in total. The van der Waals surface area contributed by atoms with Crippen LogP contribution in [0.1, 0.15) is 17.4 Å². The van der Waals surface area contributed by atoms with Crippen LogP contribution in [0.3, 0.4) is 0 Å². The number of thioether (sulfide) groups is 1. The van der Waals surface area contributed by atoms with E-state index in [-0.39, 0.29) is 5.91 Å². The summed E-state index contributed by atoms with van der Waals surface area (Å²) in [6.07, 6.45) is 0. The van der Waals surface area contributed by atoms with Gasteiger partial charge in [0.15, 0.2) is 0 Å². The Morgan fingerprint density at radius 3 is 2.84 bits per heavy atom. The molecule has 8 heteroatoms. The lowest BCUT2D eigenvalue weighted by atomic mass is 10.2. The van der Waals surface area contributed by atoms with Gasteiger partial charge in [0.2, 0.25) is 11.1 Å². The summed E-state index contributed by atoms with van der Waals surface area (Å²) in [5.74, 6) is 0.347. The Morgan fingerprint density at radius 1 is 1.28 bits per heavy atom. The third kappa shape index (κ3) is 4.26. The zero-order valence-electron chi connectivity index (χ0n) is 14.1. The standard InChI is InChI=1S/C17H19N5OS2/c1-3-21(15-9-5-4-7-13(15)2)16(23)12-25-17-18-19-20-22(17)11-14-8-6-10-24-14/h4-10H,3,11-12H2,1-2H3. The summed E-state index contributed by atoms with van der Waals surface area (Å²) in [6, 6.07) is 12.0. The quantitative estimate of drug-likeness (QED) is 0.595. The Morgan fingerprint density at radius 2 is 2.12 bits per heavy atom. The van der Waals surface area contributed by atoms with Gasteiger partial charge in [-0.15, -0.1) is 16.4 Å². The minimum absolute atomic E-state index is 0.0486. The van der Waals surface area contributed by atoms with E-state index in [9.17, 15) is 4.79 Å². The molecule has 0 saturated carbocycles. The highest BCUT2D eigenvalue weighted by Gasteiger charge is 2.17. The van der Waals surface area contributed by atoms with E-state index >= 15 is 0 Å². The van der Waals surface area contributed by atoms with Gasteiger partial charge in [-0.1, -0.05) is 36.0 Å². The van der Waals surface area contributed by atoms with Gasteiger partial charge in [-0.2, -0.15) is 0 Å². The first-order valence-corrected chi connectivity index (χ1v) is 9.83. The minimum Gasteiger partial charge on any atom is -0.312 e. The van der Waals surface area contributed by atoms with Crippen molar-refractivity contribution in [1.82, 2.24) is 20.2 Å². The number of nitrogens with zero attached hydrogens (tertiary/aromatic N) is 5. The highest BCUT2D eigenvalue weighted by atomic mass is 32.2. The molecule has 130 valence electrons. The number of para-hydroxylation sites is 1. The number of aryl methyl sites for hydroxylation is 1. The molecule has 0 spiro atoms. The predicted octanol–water partition coefficient (Wildman–Crippen LogP) is 3.24. The van der Waals surface area contributed by atoms with Crippen LogP contribution in [-0.4, -0.2) is 38.4 Å². The molecule has 2 aromatic heterocycles. The van der Waals surface area contributed by atoms with Crippen LogP contribution in [0.5, 0.6) is 0 Å². The second-order valence-electron chi connectivity index (χ2n) is 5.41. The Bertz CT molecular complexity index is 831. The molecule has 1 aromatic carbocycles. The molecule has 2 heterocycles. The lowest BCUT2D eigenvalue weighted by Crippen LogP contribution is -2.32. The summed E-state index contributed by atoms with van der Waals surface area (Å²) in [4.78, 5) is 15.7. The van der Waals surface area contributed by atoms with Crippen LogP contribution in [0.2, 0.25) is 0 Å². The molecule has 0 fully saturated rings. The largest absolute Gasteiger partial charge is 0.312 e. The molecule has 0 unspecified atom stereocenters. The fourth-order valence-corrected chi connectivity index (χ4v) is 3.94. The number of tetrazole rings is 1. The smallest absolute Gasteiger partial charge is 0.237 e. The van der Waals surface area contributed by atoms with Crippen LogP contribution < -0.4 is 4.90 Å². The molecule has 1 amide bonds. The van der Waals surface area contributed by atoms with Gasteiger partial charge in [0, 0.05) is 17.1 Å². The molecule has 0 aliphatic rings. The molecule has 0 saturated heterocycles. The highest BCUT2D eigenvalue weighted by Crippen LogP contribution is 2.22. The van der Waals surface area contributed by atoms with E-state index in [1.54, 1.807) is 20.9 Å². The van der Waals surface area contributed by atoms with Crippen LogP contribution in [0.15, 0.2) is 46.9 Å². The van der Waals surface area contributed by atoms with Crippen LogP contribution >= 0.6 is 23.1 Å². The van der Waals surface area contributed by atoms with E-state index in [2.05, 4.69) is 15.5 Å². The Balaban J connectivity index is 1.66. The number of benzene rings is 1. The third-order valence-corrected chi connectivity index (χ3v) is 5.54. The van der Waals surface area contributed by atoms with Crippen molar-refractivity contribution in [1.29, 1.82) is 0 Å². The van der Waals surface area contributed by atoms with Gasteiger partial charge in [0.1, 0.15) is 0 Å². The number of hydrogen-bond acceptors (Lipinski definition) is 6. The van der Waals surface area contributed by atoms with Crippen molar-refractivity contribution in [2.75, 3.05) is 17.2 Å². The van der Waals surface area contributed by atoms with Gasteiger partial charge in [-0.3, -0.25) is 4.79 Å². The van der Waals surface area contributed by atoms with Gasteiger partial charge >= 0.3 is 0 Å². The third-order valence-electron chi connectivity index (χ3n) is 3.73. The zero-order valence-corrected chi connectivity index (χ0v) is 15.8. The minimum atomic E-state index is 0.0486. The second kappa shape index (κ2) is 8.26. The summed E-state index contributed by atoms with van der Waals surface area (Å²) in [5, 5.41) is 14.5. The number of hydrogen-bond donors (Lipinski definition) is 0. The fourth-order valence-electron chi connectivity index (χ4n) is 2.50. The Kier molecular flexibility index (Phi) is 5.83. The number of amides is 1. The topological polar surface area (TPSA) is 63.9 Å². The van der Waals surface area contributed by atoms with E-state index in [1.807, 2.05) is 55.6 Å². The van der Waals surface area contributed by atoms with E-state index in [0.29, 0.717) is 24.0 Å². The fraction of sp³-hybridized carbons (Fsp3) is 0.294. The van der Waals surface area contributed by atoms with Crippen LogP contribution in [0.4, 0.5) is 5.69 Å². The number of rotatable bonds is 7. The second-order valence-corrected chi connectivity index (χ2v) is 7.39. The normalized spacial score (nSPS) is 10.8. The van der Waals surface area contributed by atoms with Gasteiger partial charge in [-0.05, 0) is 47.4 Å². The van der Waals surface area contributed by atoms with Gasteiger partial charge in [0.05, 0.1) is 12.3 Å². The molecular formula is C17H19N5OS2. The maximum Gasteiger partial charge on any atom is 0.237 e. The summed E-state index contributed by atoms with van der Waals surface area (Å²) in [7, 11) is 0. The summed E-state index contributed by atoms with van der Waals surface area (Å²) >= 11 is 3.03. The van der Waals surface area contributed by atoms with E-state index < -0.39 is 0 Å². The predicted molar refractivity (Wildman–Crippen MR) is 101 cm³/mol. The first kappa shape index (κ1) is 17.6. The number of thiophene rings is 1. The lowest BCUT2D eigenvalue weighted by Gasteiger charge is -2.22. The SMILES string of the molecule is CCN(C(=O)CSc1nnnn1Cc1cccs1)c1ccccc1C. The number of aromatic nitrogens is 4. The molecule has 3 rings (SSSR count). The first-order chi connectivity index (χ1) is 12.2. The molecule has 0 N–H and O–H groups in total. The van der Waals surface area contributed by atoms with Gasteiger partial charge in [0.25, 0.3) is 0 Å². The molecule has 0 bridgehead atoms. The molecule has 0 aliphatic heterocycles. The van der Waals surface area contributed by atoms with E-state index in [0.717, 1.165) is 11.3 Å². The summed E-state index contributed by atoms with van der Waals surface area (Å²) in [5.41, 5.74) is 2.04. The monoisotopic (exact) mass is 373 g/mol. The first-order valence-electron chi connectivity index (χ1n) is 7.96. The van der Waals surface area contributed by atoms with Crippen molar-refractivity contribution < 1.29 is 4.79 Å². The molecule has 0 atom stereocenters. The van der Waals surface area contributed by atoms with Crippen molar-refractivity contribution >= 4 is 34.7 Å². The Hall–Kier alpha value is -2.19. The molecule has 3 aromatic rings. The van der Waals surface area contributed by atoms with E-state index in [4.69, 9.17) is 0 Å². The molecule has 0 radical (unpaired) electrons. The van der Waals surface area contributed by atoms with Crippen molar-refractivity contribution in [2.24, 2.45) is 0 Å². The number of carbonyl (C=O) groups is 1. The highest BCUT2D eigenvalue weighted by molar-refractivity contribution is 7.99. The maximum atomic E-state index is 12.7. The van der Waals surface area contributed by atoms with Gasteiger partial charge in [-0.25, -0.2) is 4.68 Å². The number of anilines is 1. The zero-order chi connectivity index (χ0) is 17.6. The molecule has 0 aliphatic carbocycles. The van der Waals surface area contributed by atoms with Crippen molar-refractivity contribution in [2.45, 2.75) is 25.5 Å². The van der Waals surface area contributed by atoms with E-state index in [1.165, 1.54) is 16.6 Å². The van der Waals surface area contributed by atoms with Crippen LogP contribution in [-0.2, 0) is 11.3 Å². The lowest BCUT2D eigenvalue weighted by molar-refractivity contribution is -0.116. The summed E-state index contributed by atoms with van der Waals surface area (Å²) in [6.45, 7) is 5.25. The van der Waals surface area contributed by atoms with Crippen LogP contribution in [0.25, 0.3) is 0 Å². The Labute approximate surface area is 154 Å². The average Bonchev–Trinajstić information content (AvgIpc) is 3.28. The maximum absolute atomic E-state index is 12.7. The summed E-state index contributed by atoms with van der Waals surface area (Å²) < 4.78 is 1.73. The molecule has 25 heavy (non-hydrogen) atoms. The average molecular weight is 374 g/mol. The number of carbonyl (C=O) groups excluding carboxylic acids is 1. The molecular weight excluding hydrogens is 354 g/mol. The van der Waals surface area contributed by atoms with Crippen molar-refractivity contribution in [3.8, 4) is 0 Å².